The van der Waals surface area contributed by atoms with Crippen molar-refractivity contribution in [2.45, 2.75) is 57.8 Å². The van der Waals surface area contributed by atoms with Crippen LogP contribution in [0.3, 0.4) is 0 Å². The summed E-state index contributed by atoms with van der Waals surface area (Å²) in [6.45, 7) is 4.76. The summed E-state index contributed by atoms with van der Waals surface area (Å²) < 4.78 is 0. The van der Waals surface area contributed by atoms with E-state index in [4.69, 9.17) is 22.3 Å². The molecular formula is C16H28N6O7. The first-order valence-electron chi connectivity index (χ1n) is 8.72. The van der Waals surface area contributed by atoms with Crippen molar-refractivity contribution >= 4 is 35.5 Å². The normalized spacial score (nSPS) is 14.8. The Kier molecular flexibility index (Phi) is 10.3. The molecule has 5 amide bonds. The zero-order chi connectivity index (χ0) is 22.9. The molecule has 0 rings (SSSR count). The van der Waals surface area contributed by atoms with Gasteiger partial charge in [-0.15, -0.1) is 0 Å². The van der Waals surface area contributed by atoms with Crippen LogP contribution in [0.1, 0.15) is 33.6 Å². The molecule has 0 heterocycles. The summed E-state index contributed by atoms with van der Waals surface area (Å²) in [6.07, 6.45) is -1.34. The Morgan fingerprint density at radius 3 is 1.62 bits per heavy atom. The first kappa shape index (κ1) is 25.8. The quantitative estimate of drug-likeness (QED) is 0.166. The van der Waals surface area contributed by atoms with Crippen molar-refractivity contribution in [2.24, 2.45) is 23.1 Å². The highest BCUT2D eigenvalue weighted by Crippen LogP contribution is 2.01. The second kappa shape index (κ2) is 11.6. The average Bonchev–Trinajstić information content (AvgIpc) is 2.58. The molecule has 0 aromatic rings. The maximum absolute atomic E-state index is 12.3. The summed E-state index contributed by atoms with van der Waals surface area (Å²) in [5.74, 6) is -6.15. The number of carboxylic acids is 1. The van der Waals surface area contributed by atoms with E-state index in [1.165, 1.54) is 6.92 Å². The van der Waals surface area contributed by atoms with Gasteiger partial charge in [0.05, 0.1) is 18.9 Å². The van der Waals surface area contributed by atoms with Crippen LogP contribution in [0.15, 0.2) is 0 Å². The van der Waals surface area contributed by atoms with Crippen molar-refractivity contribution in [1.29, 1.82) is 0 Å². The number of amides is 5. The summed E-state index contributed by atoms with van der Waals surface area (Å²) in [7, 11) is 0. The van der Waals surface area contributed by atoms with E-state index < -0.39 is 72.5 Å². The average molecular weight is 416 g/mol. The number of carbonyl (C=O) groups is 6. The second-order valence-corrected chi connectivity index (χ2v) is 6.80. The molecule has 4 unspecified atom stereocenters. The third-order valence-corrected chi connectivity index (χ3v) is 3.83. The van der Waals surface area contributed by atoms with E-state index in [2.05, 4.69) is 10.6 Å². The van der Waals surface area contributed by atoms with Crippen LogP contribution in [0.2, 0.25) is 0 Å². The number of hydrogen-bond acceptors (Lipinski definition) is 7. The van der Waals surface area contributed by atoms with E-state index in [9.17, 15) is 28.8 Å². The predicted molar refractivity (Wildman–Crippen MR) is 99.5 cm³/mol. The first-order valence-corrected chi connectivity index (χ1v) is 8.72. The minimum Gasteiger partial charge on any atom is -0.480 e. The number of primary amides is 2. The Morgan fingerprint density at radius 2 is 1.21 bits per heavy atom. The number of aliphatic carboxylic acids is 1. The molecule has 0 aromatic carbocycles. The number of rotatable bonds is 12. The fourth-order valence-corrected chi connectivity index (χ4v) is 2.06. The van der Waals surface area contributed by atoms with Gasteiger partial charge in [-0.1, -0.05) is 13.8 Å². The van der Waals surface area contributed by atoms with E-state index in [1.807, 2.05) is 5.32 Å². The first-order chi connectivity index (χ1) is 13.3. The highest BCUT2D eigenvalue weighted by molar-refractivity contribution is 5.96. The van der Waals surface area contributed by atoms with Gasteiger partial charge in [0, 0.05) is 0 Å². The van der Waals surface area contributed by atoms with Crippen molar-refractivity contribution in [1.82, 2.24) is 16.0 Å². The van der Waals surface area contributed by atoms with Crippen LogP contribution in [-0.4, -0.2) is 64.8 Å². The van der Waals surface area contributed by atoms with Crippen LogP contribution in [0.5, 0.6) is 0 Å². The summed E-state index contributed by atoms with van der Waals surface area (Å²) in [5.41, 5.74) is 15.7. The lowest BCUT2D eigenvalue weighted by atomic mass is 10.0. The van der Waals surface area contributed by atoms with Crippen LogP contribution in [0.25, 0.3) is 0 Å². The number of carboxylic acid groups (broad SMARTS) is 1. The zero-order valence-electron chi connectivity index (χ0n) is 16.4. The zero-order valence-corrected chi connectivity index (χ0v) is 16.4. The van der Waals surface area contributed by atoms with E-state index in [1.54, 1.807) is 13.8 Å². The number of nitrogens with two attached hydrogens (primary N) is 3. The summed E-state index contributed by atoms with van der Waals surface area (Å²) >= 11 is 0. The monoisotopic (exact) mass is 416 g/mol. The lowest BCUT2D eigenvalue weighted by molar-refractivity contribution is -0.144. The highest BCUT2D eigenvalue weighted by Gasteiger charge is 2.30. The summed E-state index contributed by atoms with van der Waals surface area (Å²) in [6, 6.07) is -5.17. The Balaban J connectivity index is 5.17. The van der Waals surface area contributed by atoms with E-state index in [-0.39, 0.29) is 5.92 Å². The smallest absolute Gasteiger partial charge is 0.326 e. The molecule has 0 aliphatic rings. The molecule has 0 saturated heterocycles. The van der Waals surface area contributed by atoms with Crippen LogP contribution in [0.4, 0.5) is 0 Å². The van der Waals surface area contributed by atoms with Gasteiger partial charge in [0.2, 0.25) is 29.5 Å². The molecule has 4 atom stereocenters. The van der Waals surface area contributed by atoms with E-state index >= 15 is 0 Å². The van der Waals surface area contributed by atoms with Gasteiger partial charge in [0.1, 0.15) is 18.1 Å². The topological polar surface area (TPSA) is 237 Å². The Labute approximate surface area is 167 Å². The molecule has 0 bridgehead atoms. The van der Waals surface area contributed by atoms with Crippen LogP contribution < -0.4 is 33.2 Å². The SMILES string of the molecule is CC(NC(=O)C(N)C(C)C)C(=O)NC(CC(N)=O)C(=O)NC(CC(N)=O)C(=O)O. The Morgan fingerprint density at radius 1 is 0.759 bits per heavy atom. The van der Waals surface area contributed by atoms with Gasteiger partial charge < -0.3 is 38.3 Å². The molecule has 13 heteroatoms. The van der Waals surface area contributed by atoms with Crippen molar-refractivity contribution in [3.8, 4) is 0 Å². The standard InChI is InChI=1S/C16H28N6O7/c1-6(2)12(19)15(27)20-7(3)13(25)21-8(4-10(17)23)14(26)22-9(16(28)29)5-11(18)24/h6-9,12H,4-5,19H2,1-3H3,(H2,17,23)(H2,18,24)(H,20,27)(H,21,25)(H,22,26)(H,28,29). The number of carbonyl (C=O) groups excluding carboxylic acids is 5. The van der Waals surface area contributed by atoms with Crippen molar-refractivity contribution in [3.63, 3.8) is 0 Å². The van der Waals surface area contributed by atoms with Crippen LogP contribution in [0, 0.1) is 5.92 Å². The number of hydrogen-bond donors (Lipinski definition) is 7. The summed E-state index contributed by atoms with van der Waals surface area (Å²) in [4.78, 5) is 69.8. The molecule has 0 aromatic heterocycles. The lowest BCUT2D eigenvalue weighted by Gasteiger charge is -2.23. The third kappa shape index (κ3) is 9.51. The fourth-order valence-electron chi connectivity index (χ4n) is 2.06. The van der Waals surface area contributed by atoms with Gasteiger partial charge >= 0.3 is 5.97 Å². The maximum atomic E-state index is 12.3. The molecule has 0 fully saturated rings. The van der Waals surface area contributed by atoms with Crippen molar-refractivity contribution in [3.05, 3.63) is 0 Å². The van der Waals surface area contributed by atoms with Gasteiger partial charge in [-0.05, 0) is 12.8 Å². The molecule has 164 valence electrons. The van der Waals surface area contributed by atoms with Crippen LogP contribution >= 0.6 is 0 Å². The lowest BCUT2D eigenvalue weighted by Crippen LogP contribution is -2.57. The Hall–Kier alpha value is -3.22. The van der Waals surface area contributed by atoms with Gasteiger partial charge in [0.25, 0.3) is 0 Å². The summed E-state index contributed by atoms with van der Waals surface area (Å²) in [5, 5.41) is 15.6. The molecule has 0 radical (unpaired) electrons. The van der Waals surface area contributed by atoms with Gasteiger partial charge in [-0.3, -0.25) is 24.0 Å². The molecule has 13 nitrogen and oxygen atoms in total. The molecule has 0 saturated carbocycles. The second-order valence-electron chi connectivity index (χ2n) is 6.80. The molecule has 0 spiro atoms. The van der Waals surface area contributed by atoms with Gasteiger partial charge in [-0.25, -0.2) is 4.79 Å². The largest absolute Gasteiger partial charge is 0.480 e. The number of nitrogens with one attached hydrogen (secondary N) is 3. The Bertz CT molecular complexity index is 666. The van der Waals surface area contributed by atoms with Crippen LogP contribution in [-0.2, 0) is 28.8 Å². The molecule has 0 aliphatic heterocycles. The van der Waals surface area contributed by atoms with Crippen molar-refractivity contribution < 1.29 is 33.9 Å². The molecule has 29 heavy (non-hydrogen) atoms. The van der Waals surface area contributed by atoms with E-state index in [0.29, 0.717) is 0 Å². The highest BCUT2D eigenvalue weighted by atomic mass is 16.4. The molecule has 0 aliphatic carbocycles. The minimum atomic E-state index is -1.66. The van der Waals surface area contributed by atoms with Crippen molar-refractivity contribution in [2.75, 3.05) is 0 Å². The van der Waals surface area contributed by atoms with Gasteiger partial charge in [-0.2, -0.15) is 0 Å². The fraction of sp³-hybridized carbons (Fsp3) is 0.625. The molecular weight excluding hydrogens is 388 g/mol. The minimum absolute atomic E-state index is 0.183. The van der Waals surface area contributed by atoms with E-state index in [0.717, 1.165) is 0 Å². The van der Waals surface area contributed by atoms with Gasteiger partial charge in [0.15, 0.2) is 0 Å². The predicted octanol–water partition coefficient (Wildman–Crippen LogP) is -3.72. The third-order valence-electron chi connectivity index (χ3n) is 3.83. The molecule has 10 N–H and O–H groups in total. The maximum Gasteiger partial charge on any atom is 0.326 e.